The zero-order valence-corrected chi connectivity index (χ0v) is 15.9. The molecule has 0 amide bonds. The van der Waals surface area contributed by atoms with Crippen molar-refractivity contribution < 1.29 is 23.0 Å². The van der Waals surface area contributed by atoms with Crippen LogP contribution in [0.2, 0.25) is 5.02 Å². The SMILES string of the molecule is O=C1CC(c2cc(Cl)ccc2OC(F)F)c2c(nc3cnc(Br)cn23)CO1. The predicted octanol–water partition coefficient (Wildman–Crippen LogP) is 4.33. The van der Waals surface area contributed by atoms with E-state index in [2.05, 4.69) is 30.6 Å². The first-order valence-electron chi connectivity index (χ1n) is 7.84. The van der Waals surface area contributed by atoms with E-state index >= 15 is 0 Å². The van der Waals surface area contributed by atoms with Crippen LogP contribution in [-0.2, 0) is 16.1 Å². The van der Waals surface area contributed by atoms with Gasteiger partial charge in [-0.15, -0.1) is 0 Å². The van der Waals surface area contributed by atoms with Crippen LogP contribution in [0.5, 0.6) is 5.75 Å². The molecule has 1 aliphatic rings. The number of rotatable bonds is 3. The summed E-state index contributed by atoms with van der Waals surface area (Å²) in [5.41, 5.74) is 2.07. The average molecular weight is 459 g/mol. The molecule has 0 spiro atoms. The summed E-state index contributed by atoms with van der Waals surface area (Å²) in [6.07, 6.45) is 3.19. The minimum atomic E-state index is -3.01. The van der Waals surface area contributed by atoms with Gasteiger partial charge >= 0.3 is 12.6 Å². The van der Waals surface area contributed by atoms with Gasteiger partial charge in [-0.05, 0) is 34.1 Å². The van der Waals surface area contributed by atoms with Crippen LogP contribution in [0.25, 0.3) is 5.65 Å². The molecule has 4 rings (SSSR count). The van der Waals surface area contributed by atoms with Crippen LogP contribution in [0, 0.1) is 0 Å². The molecule has 6 nitrogen and oxygen atoms in total. The number of alkyl halides is 2. The third-order valence-electron chi connectivity index (χ3n) is 4.22. The van der Waals surface area contributed by atoms with Gasteiger partial charge in [-0.3, -0.25) is 9.20 Å². The number of imidazole rings is 1. The number of carbonyl (C=O) groups excluding carboxylic acids is 1. The predicted molar refractivity (Wildman–Crippen MR) is 95.0 cm³/mol. The van der Waals surface area contributed by atoms with Crippen molar-refractivity contribution in [3.8, 4) is 5.75 Å². The van der Waals surface area contributed by atoms with Crippen molar-refractivity contribution >= 4 is 39.1 Å². The van der Waals surface area contributed by atoms with E-state index in [1.165, 1.54) is 18.2 Å². The van der Waals surface area contributed by atoms with E-state index in [4.69, 9.17) is 16.3 Å². The van der Waals surface area contributed by atoms with Gasteiger partial charge in [0.25, 0.3) is 0 Å². The highest BCUT2D eigenvalue weighted by Crippen LogP contribution is 2.40. The van der Waals surface area contributed by atoms with E-state index in [1.807, 2.05) is 0 Å². The largest absolute Gasteiger partial charge is 0.459 e. The van der Waals surface area contributed by atoms with E-state index < -0.39 is 18.5 Å². The maximum atomic E-state index is 12.9. The van der Waals surface area contributed by atoms with Crippen LogP contribution >= 0.6 is 27.5 Å². The Kier molecular flexibility index (Phi) is 4.73. The van der Waals surface area contributed by atoms with Crippen molar-refractivity contribution in [3.63, 3.8) is 0 Å². The number of hydrogen-bond donors (Lipinski definition) is 0. The Balaban J connectivity index is 1.95. The van der Waals surface area contributed by atoms with E-state index in [1.54, 1.807) is 16.8 Å². The molecule has 0 N–H and O–H groups in total. The molecule has 3 heterocycles. The second-order valence-corrected chi connectivity index (χ2v) is 7.11. The standard InChI is InChI=1S/C17H11BrClF2N3O3/c18-13-6-24-14(5-22-13)23-11-7-26-15(25)4-10(16(11)24)9-3-8(19)1-2-12(9)27-17(20)21/h1-3,5-6,10,17H,4,7H2. The molecule has 1 atom stereocenters. The first kappa shape index (κ1) is 18.1. The summed E-state index contributed by atoms with van der Waals surface area (Å²) >= 11 is 9.40. The summed E-state index contributed by atoms with van der Waals surface area (Å²) in [5, 5.41) is 0.336. The van der Waals surface area contributed by atoms with Crippen molar-refractivity contribution in [2.75, 3.05) is 0 Å². The Bertz CT molecular complexity index is 1040. The van der Waals surface area contributed by atoms with E-state index in [-0.39, 0.29) is 18.8 Å². The first-order chi connectivity index (χ1) is 12.9. The van der Waals surface area contributed by atoms with Gasteiger partial charge in [0.2, 0.25) is 0 Å². The molecule has 27 heavy (non-hydrogen) atoms. The third kappa shape index (κ3) is 3.49. The van der Waals surface area contributed by atoms with Crippen molar-refractivity contribution in [2.45, 2.75) is 25.6 Å². The maximum Gasteiger partial charge on any atom is 0.387 e. The molecule has 1 aromatic carbocycles. The van der Waals surface area contributed by atoms with Gasteiger partial charge in [0.1, 0.15) is 22.7 Å². The van der Waals surface area contributed by atoms with E-state index in [9.17, 15) is 13.6 Å². The Morgan fingerprint density at radius 3 is 3.00 bits per heavy atom. The molecule has 1 aliphatic heterocycles. The highest BCUT2D eigenvalue weighted by Gasteiger charge is 2.32. The number of esters is 1. The number of cyclic esters (lactones) is 1. The minimum absolute atomic E-state index is 0.0183. The van der Waals surface area contributed by atoms with Crippen LogP contribution in [0.1, 0.15) is 29.3 Å². The van der Waals surface area contributed by atoms with E-state index in [0.29, 0.717) is 32.2 Å². The summed E-state index contributed by atoms with van der Waals surface area (Å²) in [6.45, 7) is -3.03. The number of aromatic nitrogens is 3. The molecule has 2 aromatic heterocycles. The van der Waals surface area contributed by atoms with Gasteiger partial charge in [0.05, 0.1) is 18.3 Å². The quantitative estimate of drug-likeness (QED) is 0.547. The average Bonchev–Trinajstić information content (AvgIpc) is 2.88. The number of hydrogen-bond acceptors (Lipinski definition) is 5. The van der Waals surface area contributed by atoms with Gasteiger partial charge in [-0.2, -0.15) is 8.78 Å². The van der Waals surface area contributed by atoms with Crippen molar-refractivity contribution in [2.24, 2.45) is 0 Å². The maximum absolute atomic E-state index is 12.9. The summed E-state index contributed by atoms with van der Waals surface area (Å²) in [6, 6.07) is 4.33. The van der Waals surface area contributed by atoms with Gasteiger partial charge in [0, 0.05) is 22.7 Å². The summed E-state index contributed by atoms with van der Waals surface area (Å²) in [5.74, 6) is -1.15. The second-order valence-electron chi connectivity index (χ2n) is 5.86. The van der Waals surface area contributed by atoms with Crippen molar-refractivity contribution in [3.05, 3.63) is 57.2 Å². The zero-order valence-electron chi connectivity index (χ0n) is 13.5. The number of fused-ring (bicyclic) bond motifs is 3. The smallest absolute Gasteiger partial charge is 0.387 e. The van der Waals surface area contributed by atoms with Gasteiger partial charge in [0.15, 0.2) is 5.65 Å². The topological polar surface area (TPSA) is 65.7 Å². The lowest BCUT2D eigenvalue weighted by Crippen LogP contribution is -2.13. The van der Waals surface area contributed by atoms with Gasteiger partial charge in [-0.25, -0.2) is 9.97 Å². The molecule has 0 saturated carbocycles. The molecule has 140 valence electrons. The number of benzene rings is 1. The second kappa shape index (κ2) is 7.05. The van der Waals surface area contributed by atoms with Gasteiger partial charge < -0.3 is 9.47 Å². The molecule has 0 saturated heterocycles. The molecule has 0 fully saturated rings. The van der Waals surface area contributed by atoms with Crippen LogP contribution in [0.15, 0.2) is 35.2 Å². The lowest BCUT2D eigenvalue weighted by atomic mass is 9.91. The fourth-order valence-corrected chi connectivity index (χ4v) is 3.68. The zero-order chi connectivity index (χ0) is 19.1. The number of carbonyl (C=O) groups is 1. The lowest BCUT2D eigenvalue weighted by Gasteiger charge is -2.19. The Morgan fingerprint density at radius 1 is 1.41 bits per heavy atom. The monoisotopic (exact) mass is 457 g/mol. The Hall–Kier alpha value is -2.26. The summed E-state index contributed by atoms with van der Waals surface area (Å²) in [7, 11) is 0. The fourth-order valence-electron chi connectivity index (χ4n) is 3.20. The minimum Gasteiger partial charge on any atom is -0.459 e. The van der Waals surface area contributed by atoms with Crippen LogP contribution in [0.3, 0.4) is 0 Å². The third-order valence-corrected chi connectivity index (χ3v) is 4.87. The molecule has 0 aliphatic carbocycles. The van der Waals surface area contributed by atoms with Crippen LogP contribution in [-0.4, -0.2) is 26.9 Å². The normalized spacial score (nSPS) is 16.9. The highest BCUT2D eigenvalue weighted by molar-refractivity contribution is 9.10. The first-order valence-corrected chi connectivity index (χ1v) is 9.01. The molecule has 0 bridgehead atoms. The molecular formula is C17H11BrClF2N3O3. The molecular weight excluding hydrogens is 448 g/mol. The lowest BCUT2D eigenvalue weighted by molar-refractivity contribution is -0.144. The van der Waals surface area contributed by atoms with Gasteiger partial charge in [-0.1, -0.05) is 11.6 Å². The molecule has 0 radical (unpaired) electrons. The molecule has 10 heteroatoms. The van der Waals surface area contributed by atoms with Crippen LogP contribution in [0.4, 0.5) is 8.78 Å². The van der Waals surface area contributed by atoms with Crippen molar-refractivity contribution in [1.29, 1.82) is 0 Å². The Labute approximate surface area is 165 Å². The molecule has 1 unspecified atom stereocenters. The Morgan fingerprint density at radius 2 is 2.22 bits per heavy atom. The number of nitrogens with zero attached hydrogens (tertiary/aromatic N) is 3. The summed E-state index contributed by atoms with van der Waals surface area (Å²) in [4.78, 5) is 20.7. The van der Waals surface area contributed by atoms with Crippen molar-refractivity contribution in [1.82, 2.24) is 14.4 Å². The number of ether oxygens (including phenoxy) is 2. The summed E-state index contributed by atoms with van der Waals surface area (Å²) < 4.78 is 38.0. The van der Waals surface area contributed by atoms with Crippen LogP contribution < -0.4 is 4.74 Å². The highest BCUT2D eigenvalue weighted by atomic mass is 79.9. The number of halogens is 4. The van der Waals surface area contributed by atoms with E-state index in [0.717, 1.165) is 0 Å². The molecule has 3 aromatic rings. The fraction of sp³-hybridized carbons (Fsp3) is 0.235.